The van der Waals surface area contributed by atoms with Crippen LogP contribution < -0.4 is 5.43 Å². The number of piperazine rings is 1. The molecular formula is C31H29ClN4O3. The van der Waals surface area contributed by atoms with Crippen molar-refractivity contribution in [2.24, 2.45) is 5.10 Å². The fourth-order valence-electron chi connectivity index (χ4n) is 4.80. The molecule has 2 N–H and O–H groups in total. The summed E-state index contributed by atoms with van der Waals surface area (Å²) in [6.07, 6.45) is 1.91. The van der Waals surface area contributed by atoms with E-state index in [4.69, 9.17) is 11.6 Å². The summed E-state index contributed by atoms with van der Waals surface area (Å²) < 4.78 is 0. The highest BCUT2D eigenvalue weighted by atomic mass is 35.5. The van der Waals surface area contributed by atoms with Crippen LogP contribution in [0.3, 0.4) is 0 Å². The minimum Gasteiger partial charge on any atom is -0.506 e. The van der Waals surface area contributed by atoms with Crippen molar-refractivity contribution in [2.45, 2.75) is 13.0 Å². The molecule has 0 saturated carbocycles. The number of aromatic hydroxyl groups is 1. The first-order valence-electron chi connectivity index (χ1n) is 12.8. The summed E-state index contributed by atoms with van der Waals surface area (Å²) in [6, 6.07) is 26.4. The van der Waals surface area contributed by atoms with Crippen molar-refractivity contribution in [1.29, 1.82) is 0 Å². The molecule has 0 radical (unpaired) electrons. The highest BCUT2D eigenvalue weighted by Gasteiger charge is 2.22. The Hall–Kier alpha value is -4.20. The highest BCUT2D eigenvalue weighted by Crippen LogP contribution is 2.24. The number of benzene rings is 4. The lowest BCUT2D eigenvalue weighted by molar-refractivity contribution is -0.132. The number of carbonyl (C=O) groups is 2. The third-order valence-electron chi connectivity index (χ3n) is 6.94. The van der Waals surface area contributed by atoms with Gasteiger partial charge in [0, 0.05) is 43.9 Å². The van der Waals surface area contributed by atoms with Crippen molar-refractivity contribution in [3.63, 3.8) is 0 Å². The summed E-state index contributed by atoms with van der Waals surface area (Å²) in [6.45, 7) is 4.07. The highest BCUT2D eigenvalue weighted by molar-refractivity contribution is 6.32. The summed E-state index contributed by atoms with van der Waals surface area (Å²) in [7, 11) is 0. The molecule has 4 aromatic carbocycles. The first-order valence-corrected chi connectivity index (χ1v) is 13.2. The van der Waals surface area contributed by atoms with Gasteiger partial charge in [-0.3, -0.25) is 14.5 Å². The molecule has 8 heteroatoms. The van der Waals surface area contributed by atoms with E-state index in [1.807, 2.05) is 47.4 Å². The van der Waals surface area contributed by atoms with E-state index >= 15 is 0 Å². The van der Waals surface area contributed by atoms with Gasteiger partial charge in [0.05, 0.1) is 17.7 Å². The molecule has 0 aromatic heterocycles. The molecule has 0 unspecified atom stereocenters. The fraction of sp³-hybridized carbons (Fsp3) is 0.194. The number of amides is 2. The number of hydrazone groups is 1. The zero-order valence-electron chi connectivity index (χ0n) is 21.4. The molecule has 1 fully saturated rings. The van der Waals surface area contributed by atoms with Gasteiger partial charge in [-0.15, -0.1) is 0 Å². The number of nitrogens with zero attached hydrogens (tertiary/aromatic N) is 3. The van der Waals surface area contributed by atoms with Crippen LogP contribution in [0.5, 0.6) is 5.75 Å². The lowest BCUT2D eigenvalue weighted by atomic mass is 9.97. The van der Waals surface area contributed by atoms with Crippen molar-refractivity contribution in [3.8, 4) is 5.75 Å². The second-order valence-corrected chi connectivity index (χ2v) is 9.95. The number of halogens is 1. The Labute approximate surface area is 232 Å². The lowest BCUT2D eigenvalue weighted by Gasteiger charge is -2.35. The van der Waals surface area contributed by atoms with E-state index in [0.717, 1.165) is 54.6 Å². The van der Waals surface area contributed by atoms with Gasteiger partial charge >= 0.3 is 0 Å². The minimum absolute atomic E-state index is 0.0907. The lowest BCUT2D eigenvalue weighted by Crippen LogP contribution is -2.48. The number of phenolic OH excluding ortho intramolecular Hbond substituents is 1. The molecule has 5 rings (SSSR count). The Balaban J connectivity index is 1.22. The van der Waals surface area contributed by atoms with Crippen molar-refractivity contribution < 1.29 is 14.7 Å². The van der Waals surface area contributed by atoms with E-state index < -0.39 is 5.91 Å². The normalized spacial score (nSPS) is 14.1. The zero-order valence-corrected chi connectivity index (χ0v) is 22.1. The minimum atomic E-state index is -0.441. The van der Waals surface area contributed by atoms with Crippen molar-refractivity contribution in [2.75, 3.05) is 26.2 Å². The first-order chi connectivity index (χ1) is 19.0. The van der Waals surface area contributed by atoms with Crippen LogP contribution in [-0.4, -0.2) is 59.1 Å². The third-order valence-corrected chi connectivity index (χ3v) is 7.25. The van der Waals surface area contributed by atoms with E-state index in [9.17, 15) is 14.7 Å². The molecule has 0 aliphatic carbocycles. The Bertz CT molecular complexity index is 1520. The van der Waals surface area contributed by atoms with Crippen LogP contribution in [0.25, 0.3) is 10.8 Å². The average Bonchev–Trinajstić information content (AvgIpc) is 2.96. The van der Waals surface area contributed by atoms with Crippen LogP contribution in [0.2, 0.25) is 5.02 Å². The van der Waals surface area contributed by atoms with Gasteiger partial charge in [-0.05, 0) is 40.1 Å². The number of rotatable bonds is 7. The molecule has 4 aromatic rings. The van der Waals surface area contributed by atoms with Gasteiger partial charge in [0.25, 0.3) is 5.91 Å². The number of hydrogen-bond acceptors (Lipinski definition) is 5. The van der Waals surface area contributed by atoms with Gasteiger partial charge in [0.15, 0.2) is 0 Å². The maximum absolute atomic E-state index is 13.2. The Morgan fingerprint density at radius 3 is 2.36 bits per heavy atom. The van der Waals surface area contributed by atoms with Gasteiger partial charge in [-0.2, -0.15) is 5.10 Å². The van der Waals surface area contributed by atoms with E-state index in [1.165, 1.54) is 23.8 Å². The maximum atomic E-state index is 13.2. The van der Waals surface area contributed by atoms with E-state index in [2.05, 4.69) is 39.7 Å². The van der Waals surface area contributed by atoms with Crippen LogP contribution in [0, 0.1) is 0 Å². The van der Waals surface area contributed by atoms with Gasteiger partial charge in [0.1, 0.15) is 5.75 Å². The second-order valence-electron chi connectivity index (χ2n) is 9.54. The number of hydrogen-bond donors (Lipinski definition) is 2. The summed E-state index contributed by atoms with van der Waals surface area (Å²) in [5.41, 5.74) is 5.85. The van der Waals surface area contributed by atoms with Crippen LogP contribution in [0.4, 0.5) is 0 Å². The number of carbonyl (C=O) groups excluding carboxylic acids is 2. The predicted molar refractivity (Wildman–Crippen MR) is 154 cm³/mol. The summed E-state index contributed by atoms with van der Waals surface area (Å²) in [4.78, 5) is 29.9. The molecule has 198 valence electrons. The number of nitrogens with one attached hydrogen (secondary N) is 1. The second kappa shape index (κ2) is 12.1. The quantitative estimate of drug-likeness (QED) is 0.259. The Morgan fingerprint density at radius 1 is 0.897 bits per heavy atom. The Morgan fingerprint density at radius 2 is 1.62 bits per heavy atom. The summed E-state index contributed by atoms with van der Waals surface area (Å²) >= 11 is 5.89. The van der Waals surface area contributed by atoms with E-state index in [0.29, 0.717) is 6.42 Å². The van der Waals surface area contributed by atoms with Crippen LogP contribution in [0.15, 0.2) is 90.0 Å². The SMILES string of the molecule is O=C(N/N=C/c1ccc(CC(=O)N2CCN(Cc3ccccc3)CC2)c2ccccc12)c1ccc(O)c(Cl)c1. The Kier molecular flexibility index (Phi) is 8.20. The molecule has 1 aliphatic heterocycles. The van der Waals surface area contributed by atoms with Gasteiger partial charge < -0.3 is 10.0 Å². The molecule has 1 aliphatic rings. The zero-order chi connectivity index (χ0) is 27.2. The van der Waals surface area contributed by atoms with Crippen molar-refractivity contribution in [3.05, 3.63) is 112 Å². The largest absolute Gasteiger partial charge is 0.506 e. The summed E-state index contributed by atoms with van der Waals surface area (Å²) in [5, 5.41) is 15.7. The molecular weight excluding hydrogens is 512 g/mol. The molecule has 7 nitrogen and oxygen atoms in total. The molecule has 0 bridgehead atoms. The molecule has 0 spiro atoms. The van der Waals surface area contributed by atoms with Gasteiger partial charge in [0.2, 0.25) is 5.91 Å². The maximum Gasteiger partial charge on any atom is 0.271 e. The fourth-order valence-corrected chi connectivity index (χ4v) is 4.98. The van der Waals surface area contributed by atoms with Crippen LogP contribution >= 0.6 is 11.6 Å². The molecule has 0 atom stereocenters. The van der Waals surface area contributed by atoms with Gasteiger partial charge in [-0.25, -0.2) is 5.43 Å². The standard InChI is InChI=1S/C31H29ClN4O3/c32-28-18-24(12-13-29(28)37)31(39)34-33-20-25-11-10-23(26-8-4-5-9-27(25)26)19-30(38)36-16-14-35(15-17-36)21-22-6-2-1-3-7-22/h1-13,18,20,37H,14-17,19,21H2,(H,34,39)/b33-20+. The van der Waals surface area contributed by atoms with Crippen LogP contribution in [0.1, 0.15) is 27.0 Å². The first kappa shape index (κ1) is 26.4. The number of phenols is 1. The molecule has 1 saturated heterocycles. The van der Waals surface area contributed by atoms with Crippen molar-refractivity contribution >= 4 is 40.4 Å². The van der Waals surface area contributed by atoms with Crippen LogP contribution in [-0.2, 0) is 17.8 Å². The topological polar surface area (TPSA) is 85.2 Å². The monoisotopic (exact) mass is 540 g/mol. The van der Waals surface area contributed by atoms with Crippen molar-refractivity contribution in [1.82, 2.24) is 15.2 Å². The third kappa shape index (κ3) is 6.45. The molecule has 2 amide bonds. The number of fused-ring (bicyclic) bond motifs is 1. The summed E-state index contributed by atoms with van der Waals surface area (Å²) in [5.74, 6) is -0.406. The molecule has 1 heterocycles. The predicted octanol–water partition coefficient (Wildman–Crippen LogP) is 4.85. The van der Waals surface area contributed by atoms with E-state index in [1.54, 1.807) is 6.21 Å². The smallest absolute Gasteiger partial charge is 0.271 e. The van der Waals surface area contributed by atoms with Gasteiger partial charge in [-0.1, -0.05) is 78.3 Å². The molecule has 39 heavy (non-hydrogen) atoms. The van der Waals surface area contributed by atoms with E-state index in [-0.39, 0.29) is 22.2 Å². The average molecular weight is 541 g/mol.